The van der Waals surface area contributed by atoms with E-state index in [9.17, 15) is 4.79 Å². The van der Waals surface area contributed by atoms with Gasteiger partial charge in [-0.2, -0.15) is 0 Å². The molecule has 2 aliphatic rings. The topological polar surface area (TPSA) is 41.6 Å². The van der Waals surface area contributed by atoms with Gasteiger partial charge in [0.15, 0.2) is 0 Å². The number of hydrogen-bond donors (Lipinski definition) is 1. The maximum absolute atomic E-state index is 12.6. The number of amides is 1. The Bertz CT molecular complexity index is 494. The van der Waals surface area contributed by atoms with Gasteiger partial charge in [0.2, 0.25) is 5.91 Å². The van der Waals surface area contributed by atoms with Crippen LogP contribution in [0.4, 0.5) is 0 Å². The Kier molecular flexibility index (Phi) is 4.15. The molecule has 0 bridgehead atoms. The van der Waals surface area contributed by atoms with Crippen LogP contribution in [0.2, 0.25) is 0 Å². The fraction of sp³-hybridized carbons (Fsp3) is 0.588. The number of carbonyl (C=O) groups excluding carboxylic acids is 1. The number of nitrogens with one attached hydrogen (secondary N) is 1. The summed E-state index contributed by atoms with van der Waals surface area (Å²) >= 11 is 0. The molecule has 4 heteroatoms. The van der Waals surface area contributed by atoms with Crippen LogP contribution in [0.1, 0.15) is 37.7 Å². The van der Waals surface area contributed by atoms with Gasteiger partial charge in [-0.15, -0.1) is 0 Å². The van der Waals surface area contributed by atoms with E-state index in [4.69, 9.17) is 4.74 Å². The van der Waals surface area contributed by atoms with Crippen molar-refractivity contribution in [2.75, 3.05) is 20.2 Å². The summed E-state index contributed by atoms with van der Waals surface area (Å²) in [5.41, 5.74) is 1.30. The van der Waals surface area contributed by atoms with Crippen LogP contribution in [0.15, 0.2) is 24.3 Å². The third kappa shape index (κ3) is 2.91. The first-order valence-electron chi connectivity index (χ1n) is 7.87. The molecule has 0 unspecified atom stereocenters. The molecule has 0 aliphatic carbocycles. The van der Waals surface area contributed by atoms with Crippen molar-refractivity contribution in [2.45, 2.75) is 44.2 Å². The number of ether oxygens (including phenoxy) is 1. The summed E-state index contributed by atoms with van der Waals surface area (Å²) in [7, 11) is 1.68. The fourth-order valence-corrected chi connectivity index (χ4v) is 3.55. The van der Waals surface area contributed by atoms with Crippen LogP contribution in [-0.4, -0.2) is 43.1 Å². The molecule has 2 fully saturated rings. The summed E-state index contributed by atoms with van der Waals surface area (Å²) in [6.45, 7) is 3.97. The lowest BCUT2D eigenvalue weighted by atomic mass is 9.97. The number of benzene rings is 1. The molecule has 0 aromatic heterocycles. The predicted octanol–water partition coefficient (Wildman–Crippen LogP) is 2.15. The minimum Gasteiger partial charge on any atom is -0.497 e. The van der Waals surface area contributed by atoms with Gasteiger partial charge in [0.05, 0.1) is 13.2 Å². The van der Waals surface area contributed by atoms with Crippen molar-refractivity contribution in [3.8, 4) is 5.75 Å². The molecule has 3 rings (SSSR count). The first-order valence-corrected chi connectivity index (χ1v) is 7.87. The van der Waals surface area contributed by atoms with Crippen molar-refractivity contribution in [1.82, 2.24) is 10.2 Å². The summed E-state index contributed by atoms with van der Waals surface area (Å²) in [5.74, 6) is 1.61. The summed E-state index contributed by atoms with van der Waals surface area (Å²) in [6.07, 6.45) is 3.14. The highest BCUT2D eigenvalue weighted by Crippen LogP contribution is 2.33. The fourth-order valence-electron chi connectivity index (χ4n) is 3.55. The monoisotopic (exact) mass is 288 g/mol. The molecule has 0 saturated carbocycles. The van der Waals surface area contributed by atoms with Gasteiger partial charge in [-0.25, -0.2) is 0 Å². The van der Waals surface area contributed by atoms with Gasteiger partial charge >= 0.3 is 0 Å². The zero-order valence-electron chi connectivity index (χ0n) is 12.8. The van der Waals surface area contributed by atoms with Crippen molar-refractivity contribution in [3.05, 3.63) is 29.8 Å². The average molecular weight is 288 g/mol. The summed E-state index contributed by atoms with van der Waals surface area (Å²) in [6, 6.07) is 8.62. The van der Waals surface area contributed by atoms with Gasteiger partial charge < -0.3 is 15.0 Å². The first-order chi connectivity index (χ1) is 10.2. The first kappa shape index (κ1) is 14.4. The molecule has 21 heavy (non-hydrogen) atoms. The molecule has 1 amide bonds. The second kappa shape index (κ2) is 6.06. The van der Waals surface area contributed by atoms with Crippen LogP contribution in [0, 0.1) is 0 Å². The van der Waals surface area contributed by atoms with Crippen LogP contribution < -0.4 is 10.1 Å². The second-order valence-electron chi connectivity index (χ2n) is 6.19. The zero-order chi connectivity index (χ0) is 14.8. The Hall–Kier alpha value is -1.55. The van der Waals surface area contributed by atoms with Crippen molar-refractivity contribution < 1.29 is 9.53 Å². The van der Waals surface area contributed by atoms with Crippen LogP contribution in [-0.2, 0) is 4.79 Å². The molecular formula is C17H24N2O2. The Labute approximate surface area is 126 Å². The van der Waals surface area contributed by atoms with E-state index in [0.29, 0.717) is 12.0 Å². The third-order valence-corrected chi connectivity index (χ3v) is 4.80. The number of likely N-dealkylation sites (tertiary alicyclic amines) is 1. The van der Waals surface area contributed by atoms with Crippen LogP contribution in [0.3, 0.4) is 0 Å². The minimum atomic E-state index is 0.0436. The van der Waals surface area contributed by atoms with Gasteiger partial charge in [-0.3, -0.25) is 4.79 Å². The summed E-state index contributed by atoms with van der Waals surface area (Å²) < 4.78 is 5.21. The lowest BCUT2D eigenvalue weighted by Gasteiger charge is -2.25. The Morgan fingerprint density at radius 1 is 1.33 bits per heavy atom. The number of hydrogen-bond acceptors (Lipinski definition) is 3. The highest BCUT2D eigenvalue weighted by molar-refractivity contribution is 5.82. The molecule has 2 saturated heterocycles. The van der Waals surface area contributed by atoms with Crippen LogP contribution >= 0.6 is 0 Å². The standard InChI is InChI=1S/C17H24N2O2/c1-12-10-14(13-5-7-15(21-2)8-6-13)11-19(12)17(20)16-4-3-9-18-16/h5-8,12,14,16,18H,3-4,9-11H2,1-2H3/t12-,14+,16+/m0/s1. The van der Waals surface area contributed by atoms with Gasteiger partial charge in [-0.05, 0) is 50.4 Å². The Balaban J connectivity index is 1.68. The highest BCUT2D eigenvalue weighted by Gasteiger charge is 2.36. The van der Waals surface area contributed by atoms with Gasteiger partial charge in [-0.1, -0.05) is 12.1 Å². The number of methoxy groups -OCH3 is 1. The largest absolute Gasteiger partial charge is 0.497 e. The Morgan fingerprint density at radius 2 is 2.10 bits per heavy atom. The summed E-state index contributed by atoms with van der Waals surface area (Å²) in [5, 5.41) is 3.32. The second-order valence-corrected chi connectivity index (χ2v) is 6.19. The quantitative estimate of drug-likeness (QED) is 0.926. The maximum Gasteiger partial charge on any atom is 0.239 e. The van der Waals surface area contributed by atoms with E-state index in [1.165, 1.54) is 5.56 Å². The predicted molar refractivity (Wildman–Crippen MR) is 82.6 cm³/mol. The highest BCUT2D eigenvalue weighted by atomic mass is 16.5. The number of rotatable bonds is 3. The molecule has 0 spiro atoms. The van der Waals surface area contributed by atoms with E-state index >= 15 is 0 Å². The van der Waals surface area contributed by atoms with E-state index in [0.717, 1.165) is 38.1 Å². The van der Waals surface area contributed by atoms with Crippen molar-refractivity contribution in [3.63, 3.8) is 0 Å². The molecule has 1 aromatic rings. The molecule has 1 aromatic carbocycles. The molecular weight excluding hydrogens is 264 g/mol. The maximum atomic E-state index is 12.6. The van der Waals surface area contributed by atoms with Gasteiger partial charge in [0, 0.05) is 18.5 Å². The minimum absolute atomic E-state index is 0.0436. The summed E-state index contributed by atoms with van der Waals surface area (Å²) in [4.78, 5) is 14.6. The molecule has 2 heterocycles. The molecule has 1 N–H and O–H groups in total. The average Bonchev–Trinajstić information content (AvgIpc) is 3.16. The van der Waals surface area contributed by atoms with Gasteiger partial charge in [0.1, 0.15) is 5.75 Å². The molecule has 4 nitrogen and oxygen atoms in total. The van der Waals surface area contributed by atoms with E-state index < -0.39 is 0 Å². The van der Waals surface area contributed by atoms with E-state index in [1.807, 2.05) is 12.1 Å². The number of nitrogens with zero attached hydrogens (tertiary/aromatic N) is 1. The van der Waals surface area contributed by atoms with Crippen molar-refractivity contribution >= 4 is 5.91 Å². The Morgan fingerprint density at radius 3 is 2.71 bits per heavy atom. The van der Waals surface area contributed by atoms with Crippen molar-refractivity contribution in [1.29, 1.82) is 0 Å². The lowest BCUT2D eigenvalue weighted by Crippen LogP contribution is -2.45. The molecule has 3 atom stereocenters. The normalized spacial score (nSPS) is 28.9. The van der Waals surface area contributed by atoms with E-state index in [1.54, 1.807) is 7.11 Å². The third-order valence-electron chi connectivity index (χ3n) is 4.80. The van der Waals surface area contributed by atoms with Crippen LogP contribution in [0.25, 0.3) is 0 Å². The lowest BCUT2D eigenvalue weighted by molar-refractivity contribution is -0.133. The van der Waals surface area contributed by atoms with E-state index in [-0.39, 0.29) is 11.9 Å². The van der Waals surface area contributed by atoms with Gasteiger partial charge in [0.25, 0.3) is 0 Å². The molecule has 2 aliphatic heterocycles. The number of carbonyl (C=O) groups is 1. The zero-order valence-corrected chi connectivity index (χ0v) is 12.8. The molecule has 0 radical (unpaired) electrons. The smallest absolute Gasteiger partial charge is 0.239 e. The van der Waals surface area contributed by atoms with Crippen LogP contribution in [0.5, 0.6) is 5.75 Å². The van der Waals surface area contributed by atoms with E-state index in [2.05, 4.69) is 29.3 Å². The molecule has 114 valence electrons. The SMILES string of the molecule is COc1ccc([C@@H]2C[C@H](C)N(C(=O)[C@H]3CCCN3)C2)cc1. The van der Waals surface area contributed by atoms with Crippen molar-refractivity contribution in [2.24, 2.45) is 0 Å².